The zero-order chi connectivity index (χ0) is 9.84. The van der Waals surface area contributed by atoms with Gasteiger partial charge in [-0.15, -0.1) is 11.8 Å². The van der Waals surface area contributed by atoms with Crippen molar-refractivity contribution in [2.45, 2.75) is 18.2 Å². The Hall–Kier alpha value is -0.470. The smallest absolute Gasteiger partial charge is 0.134 e. The van der Waals surface area contributed by atoms with Gasteiger partial charge >= 0.3 is 0 Å². The summed E-state index contributed by atoms with van der Waals surface area (Å²) in [6, 6.07) is 5.65. The number of halogens is 1. The minimum absolute atomic E-state index is 0.164. The lowest BCUT2D eigenvalue weighted by Crippen LogP contribution is -1.97. The first-order chi connectivity index (χ1) is 6.13. The van der Waals surface area contributed by atoms with Crippen LogP contribution in [0, 0.1) is 0 Å². The molecule has 1 nitrogen and oxygen atoms in total. The minimum atomic E-state index is 0.164. The number of Topliss-reactive ketones (excluding diaryl/α,β-unsaturated/α-hetero) is 1. The molecule has 0 aromatic heterocycles. The fraction of sp³-hybridized carbons (Fsp3) is 0.300. The minimum Gasteiger partial charge on any atom is -0.300 e. The van der Waals surface area contributed by atoms with Crippen molar-refractivity contribution in [2.24, 2.45) is 0 Å². The van der Waals surface area contributed by atoms with Crippen LogP contribution in [0.25, 0.3) is 0 Å². The standard InChI is InChI=1S/C10H11ClOS/c1-7(12)5-8-6-9(11)3-4-10(8)13-2/h3-4,6H,5H2,1-2H3. The van der Waals surface area contributed by atoms with Crippen molar-refractivity contribution in [3.05, 3.63) is 28.8 Å². The first kappa shape index (κ1) is 10.6. The van der Waals surface area contributed by atoms with E-state index in [1.807, 2.05) is 24.5 Å². The van der Waals surface area contributed by atoms with Gasteiger partial charge in [-0.05, 0) is 36.9 Å². The SMILES string of the molecule is CSc1ccc(Cl)cc1CC(C)=O. The Morgan fingerprint density at radius 3 is 2.77 bits per heavy atom. The summed E-state index contributed by atoms with van der Waals surface area (Å²) in [4.78, 5) is 12.1. The molecular weight excluding hydrogens is 204 g/mol. The molecule has 0 aliphatic rings. The summed E-state index contributed by atoms with van der Waals surface area (Å²) in [5.74, 6) is 0.164. The molecule has 0 saturated heterocycles. The third kappa shape index (κ3) is 3.05. The molecule has 13 heavy (non-hydrogen) atoms. The summed E-state index contributed by atoms with van der Waals surface area (Å²) < 4.78 is 0. The second kappa shape index (κ2) is 4.68. The molecule has 0 unspecified atom stereocenters. The van der Waals surface area contributed by atoms with Gasteiger partial charge in [0.25, 0.3) is 0 Å². The molecule has 0 aliphatic heterocycles. The van der Waals surface area contributed by atoms with E-state index in [4.69, 9.17) is 11.6 Å². The van der Waals surface area contributed by atoms with Crippen molar-refractivity contribution < 1.29 is 4.79 Å². The van der Waals surface area contributed by atoms with Gasteiger partial charge < -0.3 is 0 Å². The Balaban J connectivity index is 3.01. The molecule has 1 aromatic rings. The predicted molar refractivity (Wildman–Crippen MR) is 57.6 cm³/mol. The fourth-order valence-corrected chi connectivity index (χ4v) is 1.95. The van der Waals surface area contributed by atoms with E-state index in [1.165, 1.54) is 0 Å². The highest BCUT2D eigenvalue weighted by Crippen LogP contribution is 2.24. The van der Waals surface area contributed by atoms with Crippen molar-refractivity contribution in [3.8, 4) is 0 Å². The molecule has 70 valence electrons. The average molecular weight is 215 g/mol. The van der Waals surface area contributed by atoms with Gasteiger partial charge in [-0.1, -0.05) is 11.6 Å². The quantitative estimate of drug-likeness (QED) is 0.719. The first-order valence-electron chi connectivity index (χ1n) is 3.95. The number of ketones is 1. The van der Waals surface area contributed by atoms with E-state index in [-0.39, 0.29) is 5.78 Å². The van der Waals surface area contributed by atoms with Crippen LogP contribution < -0.4 is 0 Å². The maximum Gasteiger partial charge on any atom is 0.134 e. The highest BCUT2D eigenvalue weighted by atomic mass is 35.5. The number of hydrogen-bond donors (Lipinski definition) is 0. The van der Waals surface area contributed by atoms with Crippen molar-refractivity contribution >= 4 is 29.1 Å². The first-order valence-corrected chi connectivity index (χ1v) is 5.55. The fourth-order valence-electron chi connectivity index (χ4n) is 1.15. The lowest BCUT2D eigenvalue weighted by Gasteiger charge is -2.05. The Labute approximate surface area is 87.5 Å². The highest BCUT2D eigenvalue weighted by molar-refractivity contribution is 7.98. The number of benzene rings is 1. The zero-order valence-electron chi connectivity index (χ0n) is 7.63. The molecule has 3 heteroatoms. The molecule has 0 bridgehead atoms. The van der Waals surface area contributed by atoms with E-state index in [1.54, 1.807) is 18.7 Å². The molecule has 0 N–H and O–H groups in total. The highest BCUT2D eigenvalue weighted by Gasteiger charge is 2.04. The molecule has 1 aromatic carbocycles. The van der Waals surface area contributed by atoms with Gasteiger partial charge in [-0.25, -0.2) is 0 Å². The summed E-state index contributed by atoms with van der Waals surface area (Å²) in [5.41, 5.74) is 1.02. The van der Waals surface area contributed by atoms with Gasteiger partial charge in [0.1, 0.15) is 5.78 Å². The lowest BCUT2D eigenvalue weighted by atomic mass is 10.1. The van der Waals surface area contributed by atoms with Crippen LogP contribution in [-0.2, 0) is 11.2 Å². The normalized spacial score (nSPS) is 10.1. The van der Waals surface area contributed by atoms with Crippen molar-refractivity contribution in [2.75, 3.05) is 6.26 Å². The summed E-state index contributed by atoms with van der Waals surface area (Å²) in [5, 5.41) is 0.689. The molecule has 0 spiro atoms. The van der Waals surface area contributed by atoms with Crippen LogP contribution in [0.3, 0.4) is 0 Å². The second-order valence-corrected chi connectivity index (χ2v) is 4.12. The third-order valence-electron chi connectivity index (χ3n) is 1.68. The van der Waals surface area contributed by atoms with E-state index in [0.29, 0.717) is 11.4 Å². The van der Waals surface area contributed by atoms with Crippen molar-refractivity contribution in [1.29, 1.82) is 0 Å². The summed E-state index contributed by atoms with van der Waals surface area (Å²) in [6.07, 6.45) is 2.46. The van der Waals surface area contributed by atoms with Crippen LogP contribution in [0.5, 0.6) is 0 Å². The largest absolute Gasteiger partial charge is 0.300 e. The monoisotopic (exact) mass is 214 g/mol. The van der Waals surface area contributed by atoms with Crippen LogP contribution in [0.15, 0.2) is 23.1 Å². The molecule has 0 heterocycles. The van der Waals surface area contributed by atoms with Gasteiger partial charge in [0, 0.05) is 16.3 Å². The number of hydrogen-bond acceptors (Lipinski definition) is 2. The Bertz CT molecular complexity index is 323. The van der Waals surface area contributed by atoms with E-state index < -0.39 is 0 Å². The van der Waals surface area contributed by atoms with E-state index >= 15 is 0 Å². The van der Waals surface area contributed by atoms with E-state index in [2.05, 4.69) is 0 Å². The van der Waals surface area contributed by atoms with Crippen LogP contribution in [-0.4, -0.2) is 12.0 Å². The molecule has 0 saturated carbocycles. The average Bonchev–Trinajstić information content (AvgIpc) is 2.03. The maximum absolute atomic E-state index is 10.9. The van der Waals surface area contributed by atoms with Gasteiger partial charge in [0.05, 0.1) is 0 Å². The summed E-state index contributed by atoms with van der Waals surface area (Å²) in [6.45, 7) is 1.59. The molecule has 0 aliphatic carbocycles. The van der Waals surface area contributed by atoms with Crippen LogP contribution in [0.1, 0.15) is 12.5 Å². The molecule has 0 atom stereocenters. The number of carbonyl (C=O) groups excluding carboxylic acids is 1. The lowest BCUT2D eigenvalue weighted by molar-refractivity contribution is -0.116. The zero-order valence-corrected chi connectivity index (χ0v) is 9.21. The molecular formula is C10H11ClOS. The van der Waals surface area contributed by atoms with Crippen LogP contribution in [0.2, 0.25) is 5.02 Å². The summed E-state index contributed by atoms with van der Waals surface area (Å²) in [7, 11) is 0. The van der Waals surface area contributed by atoms with Gasteiger partial charge in [-0.2, -0.15) is 0 Å². The maximum atomic E-state index is 10.9. The Kier molecular flexibility index (Phi) is 3.82. The molecule has 1 rings (SSSR count). The van der Waals surface area contributed by atoms with Gasteiger partial charge in [-0.3, -0.25) is 4.79 Å². The van der Waals surface area contributed by atoms with Crippen LogP contribution >= 0.6 is 23.4 Å². The third-order valence-corrected chi connectivity index (χ3v) is 2.76. The molecule has 0 radical (unpaired) electrons. The van der Waals surface area contributed by atoms with Gasteiger partial charge in [0.15, 0.2) is 0 Å². The number of rotatable bonds is 3. The molecule has 0 amide bonds. The molecule has 0 fully saturated rings. The van der Waals surface area contributed by atoms with E-state index in [9.17, 15) is 4.79 Å². The predicted octanol–water partition coefficient (Wildman–Crippen LogP) is 3.19. The van der Waals surface area contributed by atoms with Crippen LogP contribution in [0.4, 0.5) is 0 Å². The van der Waals surface area contributed by atoms with E-state index in [0.717, 1.165) is 10.5 Å². The number of carbonyl (C=O) groups is 1. The Morgan fingerprint density at radius 1 is 1.54 bits per heavy atom. The second-order valence-electron chi connectivity index (χ2n) is 2.83. The topological polar surface area (TPSA) is 17.1 Å². The van der Waals surface area contributed by atoms with Crippen molar-refractivity contribution in [3.63, 3.8) is 0 Å². The van der Waals surface area contributed by atoms with Gasteiger partial charge in [0.2, 0.25) is 0 Å². The Morgan fingerprint density at radius 2 is 2.23 bits per heavy atom. The number of thioether (sulfide) groups is 1. The van der Waals surface area contributed by atoms with Crippen molar-refractivity contribution in [1.82, 2.24) is 0 Å². The summed E-state index contributed by atoms with van der Waals surface area (Å²) >= 11 is 7.47.